The van der Waals surface area contributed by atoms with Gasteiger partial charge in [0.15, 0.2) is 28.2 Å². The highest BCUT2D eigenvalue weighted by Gasteiger charge is 2.54. The van der Waals surface area contributed by atoms with Gasteiger partial charge in [0.2, 0.25) is 16.9 Å². The molecule has 2 amide bonds. The Hall–Kier alpha value is -5.28. The van der Waals surface area contributed by atoms with Crippen LogP contribution in [0, 0.1) is 5.92 Å². The fourth-order valence-corrected chi connectivity index (χ4v) is 5.41. The first-order valence-corrected chi connectivity index (χ1v) is 14.9. The number of carboxylic acid groups (broad SMARTS) is 1. The molecule has 0 spiro atoms. The number of aliphatic carboxylic acids is 1. The number of aromatic amines is 1. The third kappa shape index (κ3) is 7.11. The molecule has 238 valence electrons. The predicted octanol–water partition coefficient (Wildman–Crippen LogP) is -0.821. The minimum absolute atomic E-state index is 0.0329. The van der Waals surface area contributed by atoms with Crippen LogP contribution in [-0.2, 0) is 29.5 Å². The van der Waals surface area contributed by atoms with Crippen molar-refractivity contribution in [1.82, 2.24) is 29.6 Å². The first-order chi connectivity index (χ1) is 21.0. The number of nitrogen functional groups attached to an aromatic ring is 1. The van der Waals surface area contributed by atoms with Crippen LogP contribution in [0.4, 0.5) is 5.13 Å². The highest BCUT2D eigenvalue weighted by atomic mass is 32.2. The van der Waals surface area contributed by atoms with Crippen LogP contribution in [0.15, 0.2) is 39.9 Å². The smallest absolute Gasteiger partial charge is 0.362 e. The van der Waals surface area contributed by atoms with Gasteiger partial charge in [0, 0.05) is 36.8 Å². The second-order valence-electron chi connectivity index (χ2n) is 9.90. The number of aromatic nitrogens is 4. The molecule has 1 aliphatic rings. The summed E-state index contributed by atoms with van der Waals surface area (Å²) in [7, 11) is -5.11. The van der Waals surface area contributed by atoms with Crippen LogP contribution in [0.5, 0.6) is 5.75 Å². The number of oxime groups is 1. The Morgan fingerprint density at radius 2 is 1.96 bits per heavy atom. The van der Waals surface area contributed by atoms with Crippen molar-refractivity contribution in [2.75, 3.05) is 12.3 Å². The van der Waals surface area contributed by atoms with Crippen LogP contribution in [-0.4, -0.2) is 94.9 Å². The Balaban J connectivity index is 1.55. The number of pyridine rings is 1. The van der Waals surface area contributed by atoms with E-state index in [9.17, 15) is 47.2 Å². The van der Waals surface area contributed by atoms with Gasteiger partial charge in [-0.05, 0) is 19.9 Å². The van der Waals surface area contributed by atoms with E-state index in [1.54, 1.807) is 0 Å². The van der Waals surface area contributed by atoms with Gasteiger partial charge in [-0.1, -0.05) is 5.16 Å². The first-order valence-electron chi connectivity index (χ1n) is 12.6. The minimum atomic E-state index is -5.11. The fraction of sp³-hybridized carbons (Fsp3) is 0.292. The van der Waals surface area contributed by atoms with Crippen LogP contribution in [0.25, 0.3) is 11.5 Å². The van der Waals surface area contributed by atoms with Crippen LogP contribution in [0.3, 0.4) is 0 Å². The number of nitrogens with zero attached hydrogens (tertiary/aromatic N) is 5. The Morgan fingerprint density at radius 1 is 1.24 bits per heavy atom. The molecule has 45 heavy (non-hydrogen) atoms. The van der Waals surface area contributed by atoms with E-state index in [1.165, 1.54) is 31.5 Å². The number of β-lactam (4-membered cyclic amide) rings is 1. The van der Waals surface area contributed by atoms with E-state index < -0.39 is 81.3 Å². The summed E-state index contributed by atoms with van der Waals surface area (Å²) in [6.45, 7) is 1.76. The molecule has 1 saturated heterocycles. The minimum Gasteiger partial charge on any atom is -0.503 e. The zero-order valence-corrected chi connectivity index (χ0v) is 24.8. The standard InChI is InChI=1S/C24H24N8O11S2/c1-24(2,22(38)39)43-31-18(13-9-44-23(25)30-13)16(34)5-10-14(32(21(10)37)45(40,41)42)7-28-20(36)11-3-4-26-19(29-11)12-6-15(33)17(35)8-27-12/h3-4,6,8-10,14,35H,5,7H2,1-2H3,(H2,25,30)(H,27,33)(H,28,36)(H,38,39)(H,40,41,42)/b31-18-/t10-,14+/m0/s1. The number of nitrogens with two attached hydrogens (primary N) is 1. The van der Waals surface area contributed by atoms with Crippen molar-refractivity contribution in [1.29, 1.82) is 0 Å². The van der Waals surface area contributed by atoms with Crippen molar-refractivity contribution in [3.05, 3.63) is 51.5 Å². The number of anilines is 1. The van der Waals surface area contributed by atoms with Gasteiger partial charge in [-0.15, -0.1) is 11.3 Å². The van der Waals surface area contributed by atoms with Gasteiger partial charge >= 0.3 is 16.3 Å². The summed E-state index contributed by atoms with van der Waals surface area (Å²) in [5.41, 5.74) is 2.28. The summed E-state index contributed by atoms with van der Waals surface area (Å²) in [6.07, 6.45) is 1.50. The molecule has 0 aliphatic carbocycles. The van der Waals surface area contributed by atoms with E-state index in [0.29, 0.717) is 0 Å². The van der Waals surface area contributed by atoms with Gasteiger partial charge in [0.25, 0.3) is 5.91 Å². The molecule has 19 nitrogen and oxygen atoms in total. The molecule has 4 heterocycles. The van der Waals surface area contributed by atoms with Crippen LogP contribution in [0.2, 0.25) is 0 Å². The lowest BCUT2D eigenvalue weighted by atomic mass is 9.84. The van der Waals surface area contributed by atoms with Crippen LogP contribution >= 0.6 is 11.3 Å². The lowest BCUT2D eigenvalue weighted by molar-refractivity contribution is -0.161. The average Bonchev–Trinajstić information content (AvgIpc) is 3.39. The molecule has 3 aromatic heterocycles. The summed E-state index contributed by atoms with van der Waals surface area (Å²) in [6, 6.07) is 0.766. The van der Waals surface area contributed by atoms with Gasteiger partial charge in [0.1, 0.15) is 11.4 Å². The lowest BCUT2D eigenvalue weighted by Crippen LogP contribution is -2.66. The number of ketones is 1. The molecule has 21 heteroatoms. The summed E-state index contributed by atoms with van der Waals surface area (Å²) in [5, 5.41) is 26.1. The molecule has 7 N–H and O–H groups in total. The lowest BCUT2D eigenvalue weighted by Gasteiger charge is -2.44. The number of hydrogen-bond donors (Lipinski definition) is 6. The zero-order valence-electron chi connectivity index (χ0n) is 23.2. The van der Waals surface area contributed by atoms with E-state index in [-0.39, 0.29) is 32.3 Å². The number of amides is 2. The molecule has 0 saturated carbocycles. The number of thiazole rings is 1. The first kappa shape index (κ1) is 32.6. The molecule has 2 atom stereocenters. The molecule has 1 aliphatic heterocycles. The van der Waals surface area contributed by atoms with Crippen LogP contribution < -0.4 is 16.5 Å². The van der Waals surface area contributed by atoms with Gasteiger partial charge in [0.05, 0.1) is 17.7 Å². The summed E-state index contributed by atoms with van der Waals surface area (Å²) in [4.78, 5) is 81.7. The van der Waals surface area contributed by atoms with Crippen molar-refractivity contribution in [2.24, 2.45) is 11.1 Å². The van der Waals surface area contributed by atoms with Crippen molar-refractivity contribution in [3.63, 3.8) is 0 Å². The average molecular weight is 665 g/mol. The summed E-state index contributed by atoms with van der Waals surface area (Å²) in [5.74, 6) is -6.38. The quantitative estimate of drug-likeness (QED) is 0.0596. The maximum absolute atomic E-state index is 13.3. The molecule has 0 unspecified atom stereocenters. The van der Waals surface area contributed by atoms with Crippen LogP contribution in [0.1, 0.15) is 36.5 Å². The normalized spacial score (nSPS) is 17.0. The Bertz CT molecular complexity index is 1890. The molecular formula is C24H24N8O11S2. The molecule has 0 radical (unpaired) electrons. The third-order valence-corrected chi connectivity index (χ3v) is 7.98. The topological polar surface area (TPSA) is 298 Å². The molecule has 1 fully saturated rings. The second kappa shape index (κ2) is 12.4. The highest BCUT2D eigenvalue weighted by Crippen LogP contribution is 2.32. The number of nitrogens with one attached hydrogen (secondary N) is 2. The van der Waals surface area contributed by atoms with E-state index in [0.717, 1.165) is 23.6 Å². The molecule has 0 aromatic carbocycles. The molecular weight excluding hydrogens is 640 g/mol. The maximum Gasteiger partial charge on any atom is 0.362 e. The van der Waals surface area contributed by atoms with E-state index >= 15 is 0 Å². The monoisotopic (exact) mass is 664 g/mol. The predicted molar refractivity (Wildman–Crippen MR) is 153 cm³/mol. The van der Waals surface area contributed by atoms with Crippen molar-refractivity contribution >= 4 is 56.1 Å². The van der Waals surface area contributed by atoms with Gasteiger partial charge in [-0.2, -0.15) is 8.42 Å². The van der Waals surface area contributed by atoms with Gasteiger partial charge < -0.3 is 31.1 Å². The van der Waals surface area contributed by atoms with Crippen molar-refractivity contribution < 1.29 is 47.2 Å². The fourth-order valence-electron chi connectivity index (χ4n) is 3.93. The Kier molecular flexibility index (Phi) is 8.97. The largest absolute Gasteiger partial charge is 0.503 e. The molecule has 0 bridgehead atoms. The van der Waals surface area contributed by atoms with Crippen molar-refractivity contribution in [2.45, 2.75) is 31.9 Å². The highest BCUT2D eigenvalue weighted by molar-refractivity contribution is 7.84. The van der Waals surface area contributed by atoms with Gasteiger partial charge in [-0.25, -0.2) is 24.1 Å². The van der Waals surface area contributed by atoms with E-state index in [4.69, 9.17) is 10.6 Å². The maximum atomic E-state index is 13.3. The summed E-state index contributed by atoms with van der Waals surface area (Å²) >= 11 is 0.931. The third-order valence-electron chi connectivity index (χ3n) is 6.36. The molecule has 4 rings (SSSR count). The number of carboxylic acids is 1. The Morgan fingerprint density at radius 3 is 2.56 bits per heavy atom. The number of H-pyrrole nitrogens is 1. The second-order valence-corrected chi connectivity index (χ2v) is 12.1. The zero-order chi connectivity index (χ0) is 33.3. The number of aromatic hydroxyl groups is 1. The number of Topliss-reactive ketones (excluding diaryl/α,β-unsaturated/α-hetero) is 1. The van der Waals surface area contributed by atoms with Crippen molar-refractivity contribution in [3.8, 4) is 17.3 Å². The van der Waals surface area contributed by atoms with E-state index in [1.807, 2.05) is 0 Å². The number of carbonyl (C=O) groups is 4. The summed E-state index contributed by atoms with van der Waals surface area (Å²) < 4.78 is 33.6. The number of hydrogen-bond acceptors (Lipinski definition) is 15. The SMILES string of the molecule is CC(C)(O/N=C(\C(=O)C[C@@H]1C(=O)N(S(=O)(=O)O)[C@@H]1CNC(=O)c1ccnc(-c2cc(=O)c(O)c[nH]2)n1)c1csc(N)n1)C(=O)O. The number of carbonyl (C=O) groups excluding carboxylic acids is 3. The number of rotatable bonds is 12. The molecule has 3 aromatic rings. The Labute approximate surface area is 256 Å². The van der Waals surface area contributed by atoms with E-state index in [2.05, 4.69) is 30.4 Å². The van der Waals surface area contributed by atoms with Gasteiger partial charge in [-0.3, -0.25) is 23.7 Å².